The van der Waals surface area contributed by atoms with Gasteiger partial charge in [0.05, 0.1) is 15.5 Å². The zero-order valence-corrected chi connectivity index (χ0v) is 12.6. The lowest BCUT2D eigenvalue weighted by Crippen LogP contribution is -2.25. The number of hydrogen-bond acceptors (Lipinski definition) is 4. The molecule has 0 saturated heterocycles. The van der Waals surface area contributed by atoms with E-state index in [0.717, 1.165) is 12.1 Å². The van der Waals surface area contributed by atoms with Crippen LogP contribution in [0.2, 0.25) is 5.02 Å². The number of hydrogen-bond donors (Lipinski definition) is 3. The minimum absolute atomic E-state index is 0.118. The van der Waals surface area contributed by atoms with E-state index in [1.54, 1.807) is 0 Å². The van der Waals surface area contributed by atoms with Crippen LogP contribution in [-0.2, 0) is 14.8 Å². The molecule has 0 fully saturated rings. The number of nitrogens with two attached hydrogens (primary N) is 1. The second-order valence-electron chi connectivity index (χ2n) is 4.27. The molecule has 0 atom stereocenters. The van der Waals surface area contributed by atoms with Crippen LogP contribution in [0.3, 0.4) is 0 Å². The van der Waals surface area contributed by atoms with Gasteiger partial charge in [0.15, 0.2) is 0 Å². The Labute approximate surface area is 127 Å². The fourth-order valence-electron chi connectivity index (χ4n) is 1.55. The molecule has 1 amide bonds. The van der Waals surface area contributed by atoms with Gasteiger partial charge in [-0.2, -0.15) is 0 Å². The lowest BCUT2D eigenvalue weighted by Gasteiger charge is -2.08. The number of carbonyl (C=O) groups is 2. The Kier molecular flexibility index (Phi) is 6.13. The smallest absolute Gasteiger partial charge is 0.337 e. The van der Waals surface area contributed by atoms with Gasteiger partial charge in [-0.15, -0.1) is 0 Å². The number of carbonyl (C=O) groups excluding carboxylic acids is 1. The second-order valence-corrected chi connectivity index (χ2v) is 6.44. The first-order chi connectivity index (χ1) is 9.74. The Morgan fingerprint density at radius 2 is 1.95 bits per heavy atom. The summed E-state index contributed by atoms with van der Waals surface area (Å²) in [5.41, 5.74) is 4.80. The minimum atomic E-state index is -3.77. The van der Waals surface area contributed by atoms with Crippen LogP contribution in [0.25, 0.3) is 0 Å². The first-order valence-electron chi connectivity index (χ1n) is 6.05. The molecule has 0 heterocycles. The van der Waals surface area contributed by atoms with E-state index in [1.807, 2.05) is 0 Å². The molecule has 7 nitrogen and oxygen atoms in total. The highest BCUT2D eigenvalue weighted by molar-refractivity contribution is 7.89. The monoisotopic (exact) mass is 334 g/mol. The van der Waals surface area contributed by atoms with Gasteiger partial charge in [0.2, 0.25) is 15.9 Å². The van der Waals surface area contributed by atoms with Crippen molar-refractivity contribution in [1.29, 1.82) is 0 Å². The molecule has 0 aliphatic rings. The van der Waals surface area contributed by atoms with E-state index in [0.29, 0.717) is 12.8 Å². The van der Waals surface area contributed by atoms with E-state index < -0.39 is 21.9 Å². The fraction of sp³-hybridized carbons (Fsp3) is 0.333. The summed E-state index contributed by atoms with van der Waals surface area (Å²) in [5.74, 6) is -1.67. The van der Waals surface area contributed by atoms with Crippen LogP contribution in [0.4, 0.5) is 0 Å². The number of carboxylic acids is 1. The van der Waals surface area contributed by atoms with Gasteiger partial charge in [-0.3, -0.25) is 4.79 Å². The molecule has 1 aromatic rings. The summed E-state index contributed by atoms with van der Waals surface area (Å²) in [6.45, 7) is 0.147. The average molecular weight is 335 g/mol. The van der Waals surface area contributed by atoms with Crippen molar-refractivity contribution < 1.29 is 23.1 Å². The topological polar surface area (TPSA) is 127 Å². The highest BCUT2D eigenvalue weighted by Crippen LogP contribution is 2.20. The second kappa shape index (κ2) is 7.39. The third-order valence-electron chi connectivity index (χ3n) is 2.62. The van der Waals surface area contributed by atoms with Crippen LogP contribution in [0.5, 0.6) is 0 Å². The Morgan fingerprint density at radius 3 is 2.48 bits per heavy atom. The van der Waals surface area contributed by atoms with Gasteiger partial charge in [-0.05, 0) is 31.0 Å². The van der Waals surface area contributed by atoms with Crippen molar-refractivity contribution in [2.45, 2.75) is 24.2 Å². The first kappa shape index (κ1) is 17.4. The van der Waals surface area contributed by atoms with Gasteiger partial charge in [-0.25, -0.2) is 17.9 Å². The fourth-order valence-corrected chi connectivity index (χ4v) is 2.98. The SMILES string of the molecule is NC(=O)CCCCNS(=O)(=O)c1ccc(C(=O)O)c(Cl)c1. The van der Waals surface area contributed by atoms with Crippen LogP contribution in [0, 0.1) is 0 Å². The lowest BCUT2D eigenvalue weighted by molar-refractivity contribution is -0.118. The van der Waals surface area contributed by atoms with Gasteiger partial charge in [0.1, 0.15) is 0 Å². The predicted molar refractivity (Wildman–Crippen MR) is 76.6 cm³/mol. The summed E-state index contributed by atoms with van der Waals surface area (Å²) in [6, 6.07) is 3.38. The molecule has 4 N–H and O–H groups in total. The standard InChI is InChI=1S/C12H15ClN2O5S/c13-10-7-8(4-5-9(10)12(17)18)21(19,20)15-6-2-1-3-11(14)16/h4-5,7,15H,1-3,6H2,(H2,14,16)(H,17,18). The van der Waals surface area contributed by atoms with Crippen LogP contribution in [-0.4, -0.2) is 31.9 Å². The van der Waals surface area contributed by atoms with Crippen molar-refractivity contribution in [3.05, 3.63) is 28.8 Å². The van der Waals surface area contributed by atoms with E-state index in [4.69, 9.17) is 22.4 Å². The number of halogens is 1. The molecule has 0 bridgehead atoms. The van der Waals surface area contributed by atoms with E-state index in [2.05, 4.69) is 4.72 Å². The Balaban J connectivity index is 2.68. The molecular weight excluding hydrogens is 320 g/mol. The molecule has 0 aliphatic heterocycles. The van der Waals surface area contributed by atoms with Crippen molar-refractivity contribution in [2.24, 2.45) is 5.73 Å². The molecule has 1 aromatic carbocycles. The minimum Gasteiger partial charge on any atom is -0.478 e. The zero-order chi connectivity index (χ0) is 16.0. The predicted octanol–water partition coefficient (Wildman–Crippen LogP) is 0.972. The van der Waals surface area contributed by atoms with Crippen LogP contribution in [0.15, 0.2) is 23.1 Å². The normalized spacial score (nSPS) is 11.3. The van der Waals surface area contributed by atoms with E-state index in [-0.39, 0.29) is 28.4 Å². The van der Waals surface area contributed by atoms with Gasteiger partial charge in [0.25, 0.3) is 0 Å². The highest BCUT2D eigenvalue weighted by Gasteiger charge is 2.17. The number of sulfonamides is 1. The maximum absolute atomic E-state index is 12.0. The Bertz CT molecular complexity index is 645. The van der Waals surface area contributed by atoms with Crippen molar-refractivity contribution >= 4 is 33.5 Å². The highest BCUT2D eigenvalue weighted by atomic mass is 35.5. The number of amides is 1. The number of carboxylic acid groups (broad SMARTS) is 1. The van der Waals surface area contributed by atoms with Gasteiger partial charge < -0.3 is 10.8 Å². The number of aromatic carboxylic acids is 1. The summed E-state index contributed by atoms with van der Waals surface area (Å²) in [5, 5.41) is 8.66. The summed E-state index contributed by atoms with van der Waals surface area (Å²) in [4.78, 5) is 21.2. The van der Waals surface area contributed by atoms with Gasteiger partial charge in [0, 0.05) is 13.0 Å². The molecule has 1 rings (SSSR count). The first-order valence-corrected chi connectivity index (χ1v) is 7.91. The Morgan fingerprint density at radius 1 is 1.29 bits per heavy atom. The molecule has 0 aromatic heterocycles. The Hall–Kier alpha value is -1.64. The van der Waals surface area contributed by atoms with Crippen LogP contribution >= 0.6 is 11.6 Å². The summed E-state index contributed by atoms with van der Waals surface area (Å²) >= 11 is 5.72. The van der Waals surface area contributed by atoms with Crippen LogP contribution < -0.4 is 10.5 Å². The molecule has 116 valence electrons. The van der Waals surface area contributed by atoms with E-state index >= 15 is 0 Å². The molecular formula is C12H15ClN2O5S. The zero-order valence-electron chi connectivity index (χ0n) is 11.0. The third kappa shape index (κ3) is 5.33. The number of nitrogens with one attached hydrogen (secondary N) is 1. The molecule has 0 unspecified atom stereocenters. The summed E-state index contributed by atoms with van der Waals surface area (Å²) < 4.78 is 26.2. The summed E-state index contributed by atoms with van der Waals surface area (Å²) in [6.07, 6.45) is 1.14. The quantitative estimate of drug-likeness (QED) is 0.610. The number of unbranched alkanes of at least 4 members (excludes halogenated alkanes) is 1. The molecule has 0 aliphatic carbocycles. The third-order valence-corrected chi connectivity index (χ3v) is 4.39. The largest absolute Gasteiger partial charge is 0.478 e. The van der Waals surface area contributed by atoms with Crippen molar-refractivity contribution in [3.63, 3.8) is 0 Å². The van der Waals surface area contributed by atoms with Crippen molar-refractivity contribution in [2.75, 3.05) is 6.54 Å². The average Bonchev–Trinajstić information content (AvgIpc) is 2.37. The van der Waals surface area contributed by atoms with E-state index in [9.17, 15) is 18.0 Å². The van der Waals surface area contributed by atoms with Crippen LogP contribution in [0.1, 0.15) is 29.6 Å². The number of primary amides is 1. The molecule has 0 spiro atoms. The molecule has 9 heteroatoms. The molecule has 21 heavy (non-hydrogen) atoms. The van der Waals surface area contributed by atoms with Gasteiger partial charge in [-0.1, -0.05) is 11.6 Å². The maximum Gasteiger partial charge on any atom is 0.337 e. The number of benzene rings is 1. The van der Waals surface area contributed by atoms with Crippen molar-refractivity contribution in [1.82, 2.24) is 4.72 Å². The number of rotatable bonds is 8. The lowest BCUT2D eigenvalue weighted by atomic mass is 10.2. The van der Waals surface area contributed by atoms with Gasteiger partial charge >= 0.3 is 5.97 Å². The van der Waals surface area contributed by atoms with Crippen molar-refractivity contribution in [3.8, 4) is 0 Å². The maximum atomic E-state index is 12.0. The molecule has 0 radical (unpaired) electrons. The summed E-state index contributed by atoms with van der Waals surface area (Å²) in [7, 11) is -3.77. The molecule has 0 saturated carbocycles. The van der Waals surface area contributed by atoms with E-state index in [1.165, 1.54) is 6.07 Å².